The van der Waals surface area contributed by atoms with Gasteiger partial charge in [0.2, 0.25) is 15.9 Å². The van der Waals surface area contributed by atoms with Gasteiger partial charge < -0.3 is 5.32 Å². The molecule has 4 heterocycles. The van der Waals surface area contributed by atoms with E-state index in [-0.39, 0.29) is 61.8 Å². The van der Waals surface area contributed by atoms with Crippen LogP contribution < -0.4 is 15.6 Å². The third-order valence-corrected chi connectivity index (χ3v) is 10.7. The monoisotopic (exact) mass is 819 g/mol. The second kappa shape index (κ2) is 13.0. The zero-order valence-corrected chi connectivity index (χ0v) is 30.9. The number of hydrogen-bond donors (Lipinski definition) is 2. The van der Waals surface area contributed by atoms with Gasteiger partial charge in [0.05, 0.1) is 39.3 Å². The molecule has 6 aromatic rings. The zero-order valence-electron chi connectivity index (χ0n) is 29.3. The number of rotatable bonds is 10. The van der Waals surface area contributed by atoms with Crippen LogP contribution in [-0.2, 0) is 40.8 Å². The molecule has 0 spiro atoms. The molecule has 8 rings (SSSR count). The summed E-state index contributed by atoms with van der Waals surface area (Å²) < 4.78 is 118. The van der Waals surface area contributed by atoms with E-state index in [0.717, 1.165) is 23.0 Å². The first-order chi connectivity index (χ1) is 26.3. The summed E-state index contributed by atoms with van der Waals surface area (Å²) in [6, 6.07) is 6.84. The number of halogens is 7. The third-order valence-electron chi connectivity index (χ3n) is 9.81. The number of alkyl halides is 4. The van der Waals surface area contributed by atoms with E-state index in [0.29, 0.717) is 16.4 Å². The van der Waals surface area contributed by atoms with Gasteiger partial charge in [-0.05, 0) is 61.2 Å². The van der Waals surface area contributed by atoms with Gasteiger partial charge in [-0.2, -0.15) is 19.0 Å². The van der Waals surface area contributed by atoms with Crippen molar-refractivity contribution in [3.63, 3.8) is 0 Å². The Labute approximate surface area is 317 Å². The molecule has 21 heteroatoms. The third kappa shape index (κ3) is 6.33. The van der Waals surface area contributed by atoms with Gasteiger partial charge in [0.25, 0.3) is 17.9 Å². The second-order valence-electron chi connectivity index (χ2n) is 13.9. The van der Waals surface area contributed by atoms with Crippen molar-refractivity contribution in [2.24, 2.45) is 13.0 Å². The topological polar surface area (TPSA) is 159 Å². The van der Waals surface area contributed by atoms with Crippen molar-refractivity contribution < 1.29 is 39.6 Å². The number of sulfonamides is 1. The van der Waals surface area contributed by atoms with Gasteiger partial charge in [-0.3, -0.25) is 28.2 Å². The molecule has 0 radical (unpaired) electrons. The standard InChI is InChI=1S/C35H28ClF6N9O4S/c1-14-4-5-18-31(43-14)45-33(51(34(18)53)23-7-6-21(36)26-28(23)49(2)47-32(26)48-56(3,54)55)22(10-15-8-16(37)11-17(38)9-15)44-24(52)13-50-29-25(27(46-50)30(39)40)19-12-20(19)35(29,41)42/h4-9,11,19-20,22,30H,10,12-13H2,1-3H3,(H,44,52)(H,47,48)/t19-,20+,22-/m0/s1. The average Bonchev–Trinajstić information content (AvgIpc) is 3.63. The molecule has 2 aromatic carbocycles. The van der Waals surface area contributed by atoms with E-state index < -0.39 is 87.7 Å². The van der Waals surface area contributed by atoms with Gasteiger partial charge in [-0.1, -0.05) is 11.6 Å². The number of benzene rings is 2. The molecular formula is C35H28ClF6N9O4S. The second-order valence-corrected chi connectivity index (χ2v) is 16.0. The minimum Gasteiger partial charge on any atom is -0.344 e. The van der Waals surface area contributed by atoms with Gasteiger partial charge >= 0.3 is 0 Å². The summed E-state index contributed by atoms with van der Waals surface area (Å²) in [4.78, 5) is 37.5. The van der Waals surface area contributed by atoms with E-state index in [1.807, 2.05) is 0 Å². The molecule has 0 unspecified atom stereocenters. The predicted octanol–water partition coefficient (Wildman–Crippen LogP) is 5.72. The number of carbonyl (C=O) groups is 1. The average molecular weight is 820 g/mol. The van der Waals surface area contributed by atoms with E-state index in [2.05, 4.69) is 30.2 Å². The molecule has 2 aliphatic rings. The van der Waals surface area contributed by atoms with Crippen LogP contribution in [0.2, 0.25) is 5.02 Å². The lowest BCUT2D eigenvalue weighted by atomic mass is 10.0. The Bertz CT molecular complexity index is 2810. The maximum absolute atomic E-state index is 15.4. The maximum Gasteiger partial charge on any atom is 0.293 e. The molecule has 292 valence electrons. The highest BCUT2D eigenvalue weighted by atomic mass is 35.5. The van der Waals surface area contributed by atoms with E-state index in [4.69, 9.17) is 11.6 Å². The Hall–Kier alpha value is -5.50. The fourth-order valence-corrected chi connectivity index (χ4v) is 8.29. The largest absolute Gasteiger partial charge is 0.344 e. The number of aromatic nitrogens is 7. The number of pyridine rings is 1. The quantitative estimate of drug-likeness (QED) is 0.166. The summed E-state index contributed by atoms with van der Waals surface area (Å²) in [5.74, 6) is -8.99. The normalized spacial score (nSPS) is 17.7. The molecule has 0 aliphatic heterocycles. The Balaban J connectivity index is 1.32. The molecule has 0 bridgehead atoms. The van der Waals surface area contributed by atoms with Crippen molar-refractivity contribution in [1.82, 2.24) is 39.4 Å². The number of amides is 1. The number of carbonyl (C=O) groups excluding carboxylic acids is 1. The van der Waals surface area contributed by atoms with Crippen molar-refractivity contribution in [1.29, 1.82) is 0 Å². The molecule has 0 saturated heterocycles. The maximum atomic E-state index is 15.4. The SMILES string of the molecule is Cc1ccc2c(=O)n(-c3ccc(Cl)c4c(NS(C)(=O)=O)nn(C)c34)c([C@H](Cc3cc(F)cc(F)c3)NC(=O)Cn3nc(C(F)F)c4c3C(F)(F)[C@@H]3C[C@H]43)nc2n1. The molecule has 2 N–H and O–H groups in total. The van der Waals surface area contributed by atoms with Crippen LogP contribution in [-0.4, -0.2) is 54.7 Å². The Morgan fingerprint density at radius 1 is 1.07 bits per heavy atom. The van der Waals surface area contributed by atoms with Crippen LogP contribution >= 0.6 is 11.6 Å². The molecule has 1 saturated carbocycles. The van der Waals surface area contributed by atoms with Gasteiger partial charge in [0.1, 0.15) is 35.4 Å². The molecule has 1 amide bonds. The number of hydrogen-bond acceptors (Lipinski definition) is 8. The Morgan fingerprint density at radius 2 is 1.79 bits per heavy atom. The lowest BCUT2D eigenvalue weighted by Crippen LogP contribution is -2.38. The van der Waals surface area contributed by atoms with E-state index in [1.165, 1.54) is 29.9 Å². The number of nitrogens with zero attached hydrogens (tertiary/aromatic N) is 7. The molecule has 2 aliphatic carbocycles. The Kier molecular flexibility index (Phi) is 8.71. The van der Waals surface area contributed by atoms with Crippen molar-refractivity contribution >= 4 is 55.3 Å². The summed E-state index contributed by atoms with van der Waals surface area (Å²) in [6.45, 7) is 0.659. The zero-order chi connectivity index (χ0) is 40.2. The van der Waals surface area contributed by atoms with Gasteiger partial charge in [0.15, 0.2) is 11.5 Å². The lowest BCUT2D eigenvalue weighted by molar-refractivity contribution is -0.123. The van der Waals surface area contributed by atoms with Crippen molar-refractivity contribution in [3.05, 3.63) is 104 Å². The highest BCUT2D eigenvalue weighted by Gasteiger charge is 2.67. The number of fused-ring (bicyclic) bond motifs is 5. The predicted molar refractivity (Wildman–Crippen MR) is 190 cm³/mol. The fraction of sp³-hybridized carbons (Fsp3) is 0.314. The minimum atomic E-state index is -3.89. The van der Waals surface area contributed by atoms with Crippen LogP contribution in [0, 0.1) is 24.5 Å². The number of aryl methyl sites for hydroxylation is 2. The van der Waals surface area contributed by atoms with Crippen LogP contribution in [0.5, 0.6) is 0 Å². The first-order valence-corrected chi connectivity index (χ1v) is 19.1. The van der Waals surface area contributed by atoms with Gasteiger partial charge in [-0.15, -0.1) is 0 Å². The highest BCUT2D eigenvalue weighted by Crippen LogP contribution is 2.68. The summed E-state index contributed by atoms with van der Waals surface area (Å²) in [5, 5.41) is 10.7. The molecular weight excluding hydrogens is 792 g/mol. The van der Waals surface area contributed by atoms with Crippen LogP contribution in [0.25, 0.3) is 27.6 Å². The van der Waals surface area contributed by atoms with Crippen molar-refractivity contribution in [2.75, 3.05) is 11.0 Å². The van der Waals surface area contributed by atoms with Crippen molar-refractivity contribution in [2.45, 2.75) is 50.6 Å². The van der Waals surface area contributed by atoms with Crippen molar-refractivity contribution in [3.8, 4) is 5.69 Å². The Morgan fingerprint density at radius 3 is 2.46 bits per heavy atom. The van der Waals surface area contributed by atoms with E-state index in [9.17, 15) is 35.6 Å². The summed E-state index contributed by atoms with van der Waals surface area (Å²) in [6.07, 6.45) is -2.74. The smallest absolute Gasteiger partial charge is 0.293 e. The van der Waals surface area contributed by atoms with Crippen LogP contribution in [0.3, 0.4) is 0 Å². The van der Waals surface area contributed by atoms with Crippen LogP contribution in [0.1, 0.15) is 58.8 Å². The summed E-state index contributed by atoms with van der Waals surface area (Å²) >= 11 is 6.56. The minimum absolute atomic E-state index is 0.00297. The molecule has 3 atom stereocenters. The summed E-state index contributed by atoms with van der Waals surface area (Å²) in [7, 11) is -2.44. The molecule has 1 fully saturated rings. The molecule has 4 aromatic heterocycles. The number of anilines is 1. The van der Waals surface area contributed by atoms with E-state index in [1.54, 1.807) is 13.0 Å². The number of nitrogens with one attached hydrogen (secondary N) is 2. The van der Waals surface area contributed by atoms with Crippen LogP contribution in [0.4, 0.5) is 32.2 Å². The van der Waals surface area contributed by atoms with Gasteiger partial charge in [-0.25, -0.2) is 35.9 Å². The molecule has 13 nitrogen and oxygen atoms in total. The highest BCUT2D eigenvalue weighted by molar-refractivity contribution is 7.92. The molecule has 56 heavy (non-hydrogen) atoms. The lowest BCUT2D eigenvalue weighted by Gasteiger charge is -2.24. The first kappa shape index (κ1) is 37.4. The van der Waals surface area contributed by atoms with E-state index >= 15 is 8.78 Å². The summed E-state index contributed by atoms with van der Waals surface area (Å²) in [5.41, 5.74) is -2.21. The van der Waals surface area contributed by atoms with Gasteiger partial charge in [0, 0.05) is 36.7 Å². The first-order valence-electron chi connectivity index (χ1n) is 16.9. The fourth-order valence-electron chi connectivity index (χ4n) is 7.56. The van der Waals surface area contributed by atoms with Crippen LogP contribution in [0.15, 0.2) is 47.3 Å².